The van der Waals surface area contributed by atoms with Crippen molar-refractivity contribution in [2.75, 3.05) is 11.1 Å². The third-order valence-electron chi connectivity index (χ3n) is 2.24. The molecule has 6 heteroatoms. The molecule has 1 heterocycles. The average Bonchev–Trinajstić information content (AvgIpc) is 2.80. The number of nitrogens with two attached hydrogens (primary N) is 1. The third kappa shape index (κ3) is 2.54. The number of nitrogen functional groups attached to an aromatic ring is 1. The SMILES string of the molecule is Nc1cc(C(=O)O)ccc1NCc1ccno1. The first-order valence-electron chi connectivity index (χ1n) is 4.93. The van der Waals surface area contributed by atoms with Crippen LogP contribution in [-0.2, 0) is 6.54 Å². The largest absolute Gasteiger partial charge is 0.478 e. The number of aromatic carboxylic acids is 1. The average molecular weight is 233 g/mol. The number of hydrogen-bond donors (Lipinski definition) is 3. The van der Waals surface area contributed by atoms with Crippen LogP contribution in [0.5, 0.6) is 0 Å². The van der Waals surface area contributed by atoms with E-state index in [9.17, 15) is 4.79 Å². The van der Waals surface area contributed by atoms with Crippen molar-refractivity contribution >= 4 is 17.3 Å². The van der Waals surface area contributed by atoms with E-state index in [1.54, 1.807) is 18.3 Å². The second kappa shape index (κ2) is 4.56. The highest BCUT2D eigenvalue weighted by Crippen LogP contribution is 2.20. The number of carbonyl (C=O) groups is 1. The van der Waals surface area contributed by atoms with Gasteiger partial charge in [-0.2, -0.15) is 0 Å². The molecule has 0 unspecified atom stereocenters. The lowest BCUT2D eigenvalue weighted by Crippen LogP contribution is -2.04. The maximum atomic E-state index is 10.7. The van der Waals surface area contributed by atoms with Crippen LogP contribution in [0.4, 0.5) is 11.4 Å². The van der Waals surface area contributed by atoms with Crippen molar-refractivity contribution in [3.8, 4) is 0 Å². The standard InChI is InChI=1S/C11H11N3O3/c12-9-5-7(11(15)16)1-2-10(9)13-6-8-3-4-14-17-8/h1-5,13H,6,12H2,(H,15,16). The van der Waals surface area contributed by atoms with Gasteiger partial charge in [0.2, 0.25) is 0 Å². The minimum atomic E-state index is -1.00. The molecule has 0 spiro atoms. The Kier molecular flexibility index (Phi) is 2.95. The Morgan fingerprint density at radius 3 is 2.88 bits per heavy atom. The highest BCUT2D eigenvalue weighted by Gasteiger charge is 2.06. The Hall–Kier alpha value is -2.50. The molecule has 0 radical (unpaired) electrons. The van der Waals surface area contributed by atoms with E-state index in [1.807, 2.05) is 0 Å². The number of carboxylic acids is 1. The van der Waals surface area contributed by atoms with Crippen LogP contribution in [0, 0.1) is 0 Å². The number of anilines is 2. The Bertz CT molecular complexity index is 523. The first-order valence-corrected chi connectivity index (χ1v) is 4.93. The molecule has 6 nitrogen and oxygen atoms in total. The molecule has 88 valence electrons. The highest BCUT2D eigenvalue weighted by molar-refractivity contribution is 5.90. The summed E-state index contributed by atoms with van der Waals surface area (Å²) in [5.74, 6) is -0.329. The summed E-state index contributed by atoms with van der Waals surface area (Å²) in [7, 11) is 0. The van der Waals surface area contributed by atoms with Gasteiger partial charge in [0.05, 0.1) is 29.7 Å². The van der Waals surface area contributed by atoms with Gasteiger partial charge in [0.1, 0.15) is 0 Å². The zero-order valence-corrected chi connectivity index (χ0v) is 8.88. The Balaban J connectivity index is 2.09. The van der Waals surface area contributed by atoms with Gasteiger partial charge in [-0.05, 0) is 18.2 Å². The summed E-state index contributed by atoms with van der Waals surface area (Å²) >= 11 is 0. The second-order valence-electron chi connectivity index (χ2n) is 3.44. The quantitative estimate of drug-likeness (QED) is 0.693. The monoisotopic (exact) mass is 233 g/mol. The number of nitrogens with one attached hydrogen (secondary N) is 1. The van der Waals surface area contributed by atoms with E-state index in [1.165, 1.54) is 12.1 Å². The maximum Gasteiger partial charge on any atom is 0.335 e. The van der Waals surface area contributed by atoms with Crippen molar-refractivity contribution < 1.29 is 14.4 Å². The van der Waals surface area contributed by atoms with E-state index in [-0.39, 0.29) is 5.56 Å². The fraction of sp³-hybridized carbons (Fsp3) is 0.0909. The molecule has 2 aromatic rings. The number of rotatable bonds is 4. The molecule has 0 aliphatic carbocycles. The Labute approximate surface area is 97.0 Å². The molecule has 0 saturated carbocycles. The summed E-state index contributed by atoms with van der Waals surface area (Å²) in [6.07, 6.45) is 1.55. The molecule has 0 fully saturated rings. The lowest BCUT2D eigenvalue weighted by Gasteiger charge is -2.08. The molecular weight excluding hydrogens is 222 g/mol. The Morgan fingerprint density at radius 2 is 2.29 bits per heavy atom. The van der Waals surface area contributed by atoms with E-state index >= 15 is 0 Å². The van der Waals surface area contributed by atoms with Gasteiger partial charge in [-0.1, -0.05) is 5.16 Å². The fourth-order valence-corrected chi connectivity index (χ4v) is 1.37. The highest BCUT2D eigenvalue weighted by atomic mass is 16.5. The predicted octanol–water partition coefficient (Wildman–Crippen LogP) is 1.57. The first kappa shape index (κ1) is 11.0. The zero-order valence-electron chi connectivity index (χ0n) is 8.88. The zero-order chi connectivity index (χ0) is 12.3. The number of aromatic nitrogens is 1. The van der Waals surface area contributed by atoms with E-state index in [2.05, 4.69) is 10.5 Å². The summed E-state index contributed by atoms with van der Waals surface area (Å²) in [6.45, 7) is 0.441. The van der Waals surface area contributed by atoms with Crippen LogP contribution in [0.2, 0.25) is 0 Å². The number of carboxylic acid groups (broad SMARTS) is 1. The molecule has 2 rings (SSSR count). The van der Waals surface area contributed by atoms with E-state index in [4.69, 9.17) is 15.4 Å². The van der Waals surface area contributed by atoms with Crippen molar-refractivity contribution in [1.82, 2.24) is 5.16 Å². The van der Waals surface area contributed by atoms with Crippen LogP contribution in [-0.4, -0.2) is 16.2 Å². The summed E-state index contributed by atoms with van der Waals surface area (Å²) in [6, 6.07) is 6.25. The smallest absolute Gasteiger partial charge is 0.335 e. The lowest BCUT2D eigenvalue weighted by atomic mass is 10.1. The summed E-state index contributed by atoms with van der Waals surface area (Å²) in [4.78, 5) is 10.7. The van der Waals surface area contributed by atoms with Crippen molar-refractivity contribution in [2.24, 2.45) is 0 Å². The molecule has 17 heavy (non-hydrogen) atoms. The summed E-state index contributed by atoms with van der Waals surface area (Å²) < 4.78 is 4.91. The summed E-state index contributed by atoms with van der Waals surface area (Å²) in [5.41, 5.74) is 6.92. The fourth-order valence-electron chi connectivity index (χ4n) is 1.37. The Morgan fingerprint density at radius 1 is 1.47 bits per heavy atom. The number of hydrogen-bond acceptors (Lipinski definition) is 5. The van der Waals surface area contributed by atoms with E-state index in [0.717, 1.165) is 0 Å². The van der Waals surface area contributed by atoms with Gasteiger partial charge in [-0.25, -0.2) is 4.79 Å². The minimum Gasteiger partial charge on any atom is -0.478 e. The van der Waals surface area contributed by atoms with Crippen molar-refractivity contribution in [1.29, 1.82) is 0 Å². The van der Waals surface area contributed by atoms with Crippen molar-refractivity contribution in [3.05, 3.63) is 41.8 Å². The molecule has 0 bridgehead atoms. The molecule has 0 aliphatic rings. The van der Waals surface area contributed by atoms with Gasteiger partial charge in [-0.15, -0.1) is 0 Å². The van der Waals surface area contributed by atoms with Gasteiger partial charge >= 0.3 is 5.97 Å². The first-order chi connectivity index (χ1) is 8.16. The third-order valence-corrected chi connectivity index (χ3v) is 2.24. The van der Waals surface area contributed by atoms with Gasteiger partial charge < -0.3 is 20.7 Å². The maximum absolute atomic E-state index is 10.7. The molecule has 4 N–H and O–H groups in total. The van der Waals surface area contributed by atoms with E-state index in [0.29, 0.717) is 23.7 Å². The molecular formula is C11H11N3O3. The van der Waals surface area contributed by atoms with Crippen LogP contribution in [0.15, 0.2) is 35.0 Å². The number of nitrogens with zero attached hydrogens (tertiary/aromatic N) is 1. The molecule has 0 aliphatic heterocycles. The van der Waals surface area contributed by atoms with E-state index < -0.39 is 5.97 Å². The van der Waals surface area contributed by atoms with Gasteiger partial charge in [-0.3, -0.25) is 0 Å². The van der Waals surface area contributed by atoms with Crippen LogP contribution in [0.1, 0.15) is 16.1 Å². The second-order valence-corrected chi connectivity index (χ2v) is 3.44. The van der Waals surface area contributed by atoms with Crippen molar-refractivity contribution in [2.45, 2.75) is 6.54 Å². The van der Waals surface area contributed by atoms with Crippen LogP contribution < -0.4 is 11.1 Å². The van der Waals surface area contributed by atoms with Gasteiger partial charge in [0.25, 0.3) is 0 Å². The van der Waals surface area contributed by atoms with Gasteiger partial charge in [0, 0.05) is 6.07 Å². The lowest BCUT2D eigenvalue weighted by molar-refractivity contribution is 0.0697. The molecule has 1 aromatic heterocycles. The molecule has 0 atom stereocenters. The van der Waals surface area contributed by atoms with Gasteiger partial charge in [0.15, 0.2) is 5.76 Å². The van der Waals surface area contributed by atoms with Crippen LogP contribution in [0.3, 0.4) is 0 Å². The van der Waals surface area contributed by atoms with Crippen molar-refractivity contribution in [3.63, 3.8) is 0 Å². The predicted molar refractivity (Wildman–Crippen MR) is 61.6 cm³/mol. The molecule has 0 amide bonds. The molecule has 1 aromatic carbocycles. The summed E-state index contributed by atoms with van der Waals surface area (Å²) in [5, 5.41) is 15.4. The topological polar surface area (TPSA) is 101 Å². The number of benzene rings is 1. The molecule has 0 saturated heterocycles. The van der Waals surface area contributed by atoms with Crippen LogP contribution >= 0.6 is 0 Å². The van der Waals surface area contributed by atoms with Crippen LogP contribution in [0.25, 0.3) is 0 Å². The normalized spacial score (nSPS) is 10.1. The minimum absolute atomic E-state index is 0.160.